The van der Waals surface area contributed by atoms with E-state index in [1.807, 2.05) is 13.0 Å². The minimum absolute atomic E-state index is 0.0804. The molecule has 0 fully saturated rings. The number of nitrogens with one attached hydrogen (secondary N) is 2. The summed E-state index contributed by atoms with van der Waals surface area (Å²) in [7, 11) is 0. The van der Waals surface area contributed by atoms with E-state index in [1.54, 1.807) is 25.1 Å². The van der Waals surface area contributed by atoms with Crippen LogP contribution in [-0.4, -0.2) is 39.6 Å². The number of aromatic nitrogens is 2. The largest absolute Gasteiger partial charge is 0.353 e. The van der Waals surface area contributed by atoms with Crippen molar-refractivity contribution in [3.8, 4) is 0 Å². The highest BCUT2D eigenvalue weighted by atomic mass is 16.6. The number of nitro groups is 1. The van der Waals surface area contributed by atoms with Crippen LogP contribution in [-0.2, 0) is 11.3 Å². The minimum Gasteiger partial charge on any atom is -0.353 e. The molecule has 0 bridgehead atoms. The van der Waals surface area contributed by atoms with Crippen molar-refractivity contribution in [2.24, 2.45) is 0 Å². The predicted octanol–water partition coefficient (Wildman–Crippen LogP) is 1.26. The fourth-order valence-corrected chi connectivity index (χ4v) is 2.56. The third-order valence-electron chi connectivity index (χ3n) is 3.83. The van der Waals surface area contributed by atoms with E-state index in [4.69, 9.17) is 0 Å². The van der Waals surface area contributed by atoms with Crippen molar-refractivity contribution < 1.29 is 14.5 Å². The number of amides is 2. The molecule has 0 aliphatic heterocycles. The van der Waals surface area contributed by atoms with Gasteiger partial charge in [-0.3, -0.25) is 24.4 Å². The van der Waals surface area contributed by atoms with Crippen molar-refractivity contribution >= 4 is 17.5 Å². The zero-order valence-electron chi connectivity index (χ0n) is 14.9. The molecule has 2 N–H and O–H groups in total. The second-order valence-electron chi connectivity index (χ2n) is 5.91. The van der Waals surface area contributed by atoms with Crippen LogP contribution >= 0.6 is 0 Å². The highest BCUT2D eigenvalue weighted by Crippen LogP contribution is 2.21. The van der Waals surface area contributed by atoms with Crippen LogP contribution < -0.4 is 10.6 Å². The van der Waals surface area contributed by atoms with Gasteiger partial charge < -0.3 is 10.6 Å². The molecule has 0 saturated carbocycles. The SMILES string of the molecule is Cc1cccc(C(=O)NCCNC(=O)Cn2nc(C)c([N+](=O)[O-])c2C)c1. The molecule has 0 unspecified atom stereocenters. The molecule has 0 spiro atoms. The molecule has 2 aromatic rings. The van der Waals surface area contributed by atoms with Gasteiger partial charge in [0.1, 0.15) is 17.9 Å². The number of aryl methyl sites for hydroxylation is 2. The third kappa shape index (κ3) is 4.65. The summed E-state index contributed by atoms with van der Waals surface area (Å²) in [6.07, 6.45) is 0. The number of hydrogen-bond acceptors (Lipinski definition) is 5. The van der Waals surface area contributed by atoms with Gasteiger partial charge in [-0.05, 0) is 32.9 Å². The zero-order chi connectivity index (χ0) is 19.3. The molecule has 26 heavy (non-hydrogen) atoms. The average molecular weight is 359 g/mol. The first-order valence-electron chi connectivity index (χ1n) is 8.09. The number of carbonyl (C=O) groups is 2. The van der Waals surface area contributed by atoms with Gasteiger partial charge >= 0.3 is 5.69 Å². The maximum Gasteiger partial charge on any atom is 0.312 e. The third-order valence-corrected chi connectivity index (χ3v) is 3.83. The van der Waals surface area contributed by atoms with Crippen molar-refractivity contribution in [2.45, 2.75) is 27.3 Å². The average Bonchev–Trinajstić information content (AvgIpc) is 2.85. The van der Waals surface area contributed by atoms with E-state index in [9.17, 15) is 19.7 Å². The number of nitrogens with zero attached hydrogens (tertiary/aromatic N) is 3. The summed E-state index contributed by atoms with van der Waals surface area (Å²) in [5, 5.41) is 20.4. The Kier molecular flexibility index (Phi) is 6.05. The van der Waals surface area contributed by atoms with Crippen LogP contribution in [0.15, 0.2) is 24.3 Å². The lowest BCUT2D eigenvalue weighted by Gasteiger charge is -2.08. The summed E-state index contributed by atoms with van der Waals surface area (Å²) >= 11 is 0. The van der Waals surface area contributed by atoms with Gasteiger partial charge in [-0.1, -0.05) is 17.7 Å². The predicted molar refractivity (Wildman–Crippen MR) is 94.9 cm³/mol. The molecule has 0 radical (unpaired) electrons. The van der Waals surface area contributed by atoms with Gasteiger partial charge in [0, 0.05) is 18.7 Å². The molecule has 1 aromatic carbocycles. The molecular formula is C17H21N5O4. The van der Waals surface area contributed by atoms with Gasteiger partial charge in [0.2, 0.25) is 5.91 Å². The van der Waals surface area contributed by atoms with Crippen LogP contribution in [0.25, 0.3) is 0 Å². The highest BCUT2D eigenvalue weighted by Gasteiger charge is 2.22. The molecule has 0 saturated heterocycles. The second kappa shape index (κ2) is 8.24. The van der Waals surface area contributed by atoms with Gasteiger partial charge in [0.05, 0.1) is 4.92 Å². The van der Waals surface area contributed by atoms with E-state index >= 15 is 0 Å². The molecule has 2 rings (SSSR count). The van der Waals surface area contributed by atoms with Crippen LogP contribution in [0, 0.1) is 30.9 Å². The Hall–Kier alpha value is -3.23. The monoisotopic (exact) mass is 359 g/mol. The topological polar surface area (TPSA) is 119 Å². The van der Waals surface area contributed by atoms with Crippen molar-refractivity contribution in [3.63, 3.8) is 0 Å². The molecule has 0 atom stereocenters. The lowest BCUT2D eigenvalue weighted by Crippen LogP contribution is -2.36. The summed E-state index contributed by atoms with van der Waals surface area (Å²) < 4.78 is 1.30. The summed E-state index contributed by atoms with van der Waals surface area (Å²) in [5.41, 5.74) is 2.07. The molecule has 9 nitrogen and oxygen atoms in total. The van der Waals surface area contributed by atoms with Crippen LogP contribution in [0.4, 0.5) is 5.69 Å². The molecule has 138 valence electrons. The Balaban J connectivity index is 1.80. The van der Waals surface area contributed by atoms with Crippen molar-refractivity contribution in [2.75, 3.05) is 13.1 Å². The normalized spacial score (nSPS) is 10.4. The molecule has 0 aliphatic rings. The maximum absolute atomic E-state index is 12.0. The van der Waals surface area contributed by atoms with Crippen LogP contribution in [0.1, 0.15) is 27.3 Å². The molecule has 0 aliphatic carbocycles. The van der Waals surface area contributed by atoms with Crippen LogP contribution in [0.3, 0.4) is 0 Å². The first-order chi connectivity index (χ1) is 12.3. The number of hydrogen-bond donors (Lipinski definition) is 2. The van der Waals surface area contributed by atoms with Crippen LogP contribution in [0.5, 0.6) is 0 Å². The fraction of sp³-hybridized carbons (Fsp3) is 0.353. The van der Waals surface area contributed by atoms with Gasteiger partial charge in [0.25, 0.3) is 5.91 Å². The highest BCUT2D eigenvalue weighted by molar-refractivity contribution is 5.94. The number of rotatable bonds is 7. The Bertz CT molecular complexity index is 844. The standard InChI is InChI=1S/C17H21N5O4/c1-11-5-4-6-14(9-11)17(24)19-8-7-18-15(23)10-21-13(3)16(22(25)26)12(2)20-21/h4-6,9H,7-8,10H2,1-3H3,(H,18,23)(H,19,24). The van der Waals surface area contributed by atoms with Gasteiger partial charge in [-0.2, -0.15) is 5.10 Å². The van der Waals surface area contributed by atoms with E-state index in [-0.39, 0.29) is 42.8 Å². The number of carbonyl (C=O) groups excluding carboxylic acids is 2. The second-order valence-corrected chi connectivity index (χ2v) is 5.91. The van der Waals surface area contributed by atoms with E-state index in [0.29, 0.717) is 11.3 Å². The molecule has 1 heterocycles. The Labute approximate surface area is 150 Å². The lowest BCUT2D eigenvalue weighted by molar-refractivity contribution is -0.386. The van der Waals surface area contributed by atoms with E-state index < -0.39 is 4.92 Å². The molecule has 1 aromatic heterocycles. The quantitative estimate of drug-likeness (QED) is 0.438. The van der Waals surface area contributed by atoms with E-state index in [0.717, 1.165) is 5.56 Å². The molecular weight excluding hydrogens is 338 g/mol. The fourth-order valence-electron chi connectivity index (χ4n) is 2.56. The minimum atomic E-state index is -0.507. The zero-order valence-corrected chi connectivity index (χ0v) is 14.9. The van der Waals surface area contributed by atoms with Crippen molar-refractivity contribution in [1.82, 2.24) is 20.4 Å². The Morgan fingerprint density at radius 2 is 1.88 bits per heavy atom. The van der Waals surface area contributed by atoms with E-state index in [2.05, 4.69) is 15.7 Å². The smallest absolute Gasteiger partial charge is 0.312 e. The van der Waals surface area contributed by atoms with Crippen molar-refractivity contribution in [3.05, 3.63) is 56.9 Å². The van der Waals surface area contributed by atoms with Crippen LogP contribution in [0.2, 0.25) is 0 Å². The Morgan fingerprint density at radius 3 is 2.50 bits per heavy atom. The first kappa shape index (κ1) is 19.1. The maximum atomic E-state index is 12.0. The Morgan fingerprint density at radius 1 is 1.19 bits per heavy atom. The number of benzene rings is 1. The summed E-state index contributed by atoms with van der Waals surface area (Å²) in [5.74, 6) is -0.549. The van der Waals surface area contributed by atoms with Gasteiger partial charge in [-0.15, -0.1) is 0 Å². The van der Waals surface area contributed by atoms with E-state index in [1.165, 1.54) is 11.6 Å². The first-order valence-corrected chi connectivity index (χ1v) is 8.09. The lowest BCUT2D eigenvalue weighted by atomic mass is 10.1. The summed E-state index contributed by atoms with van der Waals surface area (Å²) in [4.78, 5) is 34.4. The summed E-state index contributed by atoms with van der Waals surface area (Å²) in [6.45, 7) is 5.38. The van der Waals surface area contributed by atoms with Gasteiger partial charge in [-0.25, -0.2) is 0 Å². The van der Waals surface area contributed by atoms with Gasteiger partial charge in [0.15, 0.2) is 0 Å². The molecule has 9 heteroatoms. The molecule has 2 amide bonds. The summed E-state index contributed by atoms with van der Waals surface area (Å²) in [6, 6.07) is 7.21. The van der Waals surface area contributed by atoms with Crippen molar-refractivity contribution in [1.29, 1.82) is 0 Å².